The van der Waals surface area contributed by atoms with Gasteiger partial charge in [0.15, 0.2) is 0 Å². The molecule has 2 N–H and O–H groups in total. The van der Waals surface area contributed by atoms with E-state index in [0.29, 0.717) is 6.54 Å². The maximum Gasteiger partial charge on any atom is 0.129 e. The molecule has 0 fully saturated rings. The molecule has 0 spiro atoms. The van der Waals surface area contributed by atoms with Gasteiger partial charge in [-0.25, -0.2) is 0 Å². The molecule has 0 saturated carbocycles. The molecular weight excluding hydrogens is 60.9 g/mol. The maximum atomic E-state index is 5.05. The summed E-state index contributed by atoms with van der Waals surface area (Å²) in [6, 6.07) is 0. The molecule has 0 unspecified atom stereocenters. The topological polar surface area (TPSA) is 26.0 Å². The van der Waals surface area contributed by atoms with Crippen LogP contribution < -0.4 is 5.73 Å². The maximum absolute atomic E-state index is 5.05. The van der Waals surface area contributed by atoms with Gasteiger partial charge in [-0.05, 0) is 0 Å². The molecular formula is C3H8BN. The average molecular weight is 68.9 g/mol. The van der Waals surface area contributed by atoms with Crippen molar-refractivity contribution in [2.75, 3.05) is 6.54 Å². The van der Waals surface area contributed by atoms with Crippen molar-refractivity contribution < 1.29 is 0 Å². The number of hydrogen-bond acceptors (Lipinski definition) is 1. The smallest absolute Gasteiger partial charge is 0.129 e. The molecule has 0 radical (unpaired) electrons. The molecule has 2 heteroatoms. The van der Waals surface area contributed by atoms with Crippen LogP contribution in [0.3, 0.4) is 0 Å². The molecule has 0 aliphatic heterocycles. The fourth-order valence-electron chi connectivity index (χ4n) is 0.136. The molecule has 5 heavy (non-hydrogen) atoms. The Morgan fingerprint density at radius 1 is 1.80 bits per heavy atom. The minimum Gasteiger partial charge on any atom is -0.327 e. The Kier molecular flexibility index (Phi) is 3.59. The Morgan fingerprint density at radius 3 is 2.40 bits per heavy atom. The Balaban J connectivity index is 2.62. The van der Waals surface area contributed by atoms with Crippen LogP contribution in [0.2, 0.25) is 0 Å². The Morgan fingerprint density at radius 2 is 2.40 bits per heavy atom. The summed E-state index contributed by atoms with van der Waals surface area (Å²) in [7, 11) is 1.95. The second-order valence-corrected chi connectivity index (χ2v) is 0.805. The average Bonchev–Trinajstić information content (AvgIpc) is 1.41. The summed E-state index contributed by atoms with van der Waals surface area (Å²) in [5.74, 6) is 1.93. The van der Waals surface area contributed by atoms with E-state index in [-0.39, 0.29) is 0 Å². The van der Waals surface area contributed by atoms with E-state index >= 15 is 0 Å². The number of rotatable bonds is 1. The summed E-state index contributed by atoms with van der Waals surface area (Å²) >= 11 is 0. The van der Waals surface area contributed by atoms with Gasteiger partial charge in [-0.3, -0.25) is 0 Å². The predicted octanol–water partition coefficient (Wildman–Crippen LogP) is -0.908. The summed E-state index contributed by atoms with van der Waals surface area (Å²) in [6.45, 7) is 0.663. The molecule has 28 valence electrons. The van der Waals surface area contributed by atoms with E-state index in [1.54, 1.807) is 0 Å². The van der Waals surface area contributed by atoms with Crippen LogP contribution in [0.1, 0.15) is 0 Å². The van der Waals surface area contributed by atoms with Crippen LogP contribution in [0.15, 0.2) is 12.1 Å². The lowest BCUT2D eigenvalue weighted by atomic mass is 10.1. The van der Waals surface area contributed by atoms with Crippen LogP contribution in [0.5, 0.6) is 0 Å². The van der Waals surface area contributed by atoms with Crippen LogP contribution in [-0.4, -0.2) is 14.4 Å². The molecule has 0 bridgehead atoms. The molecule has 0 atom stereocenters. The van der Waals surface area contributed by atoms with Crippen molar-refractivity contribution in [3.63, 3.8) is 0 Å². The van der Waals surface area contributed by atoms with Crippen molar-refractivity contribution in [2.24, 2.45) is 5.73 Å². The lowest BCUT2D eigenvalue weighted by Crippen LogP contribution is -1.91. The van der Waals surface area contributed by atoms with Gasteiger partial charge in [-0.15, -0.1) is 5.98 Å². The second kappa shape index (κ2) is 3.76. The zero-order chi connectivity index (χ0) is 4.12. The third-order valence-electron chi connectivity index (χ3n) is 0.372. The van der Waals surface area contributed by atoms with Gasteiger partial charge >= 0.3 is 0 Å². The van der Waals surface area contributed by atoms with E-state index < -0.39 is 0 Å². The van der Waals surface area contributed by atoms with Gasteiger partial charge < -0.3 is 5.73 Å². The lowest BCUT2D eigenvalue weighted by molar-refractivity contribution is 1.26. The minimum absolute atomic E-state index is 0.663. The molecule has 0 aliphatic carbocycles. The highest BCUT2D eigenvalue weighted by atomic mass is 14.5. The molecule has 0 heterocycles. The van der Waals surface area contributed by atoms with Gasteiger partial charge in [0.25, 0.3) is 0 Å². The van der Waals surface area contributed by atoms with Gasteiger partial charge in [0.1, 0.15) is 7.85 Å². The molecule has 0 aromatic heterocycles. The summed E-state index contributed by atoms with van der Waals surface area (Å²) in [5.41, 5.74) is 5.05. The zero-order valence-corrected chi connectivity index (χ0v) is 3.44. The molecule has 0 rings (SSSR count). The van der Waals surface area contributed by atoms with Crippen LogP contribution in [0.25, 0.3) is 0 Å². The minimum atomic E-state index is 0.663. The highest BCUT2D eigenvalue weighted by Gasteiger charge is 1.51. The van der Waals surface area contributed by atoms with Crippen LogP contribution in [0, 0.1) is 0 Å². The third-order valence-corrected chi connectivity index (χ3v) is 0.372. The highest BCUT2D eigenvalue weighted by Crippen LogP contribution is 1.52. The number of hydrogen-bond donors (Lipinski definition) is 1. The van der Waals surface area contributed by atoms with Crippen molar-refractivity contribution >= 4 is 7.85 Å². The zero-order valence-electron chi connectivity index (χ0n) is 3.44. The Bertz CT molecular complexity index is 33.9. The Labute approximate surface area is 33.3 Å². The van der Waals surface area contributed by atoms with Crippen molar-refractivity contribution in [1.29, 1.82) is 0 Å². The summed E-state index contributed by atoms with van der Waals surface area (Å²) in [6.07, 6.45) is 1.90. The van der Waals surface area contributed by atoms with Crippen LogP contribution in [0.4, 0.5) is 0 Å². The Hall–Kier alpha value is -0.235. The summed E-state index contributed by atoms with van der Waals surface area (Å²) in [4.78, 5) is 0. The third kappa shape index (κ3) is 3.76. The fourth-order valence-corrected chi connectivity index (χ4v) is 0.136. The SMILES string of the molecule is B/C=C/CN. The first-order valence-corrected chi connectivity index (χ1v) is 1.73. The largest absolute Gasteiger partial charge is 0.327 e. The van der Waals surface area contributed by atoms with Crippen molar-refractivity contribution in [2.45, 2.75) is 0 Å². The molecule has 0 aromatic rings. The van der Waals surface area contributed by atoms with E-state index in [1.807, 2.05) is 19.9 Å². The van der Waals surface area contributed by atoms with Gasteiger partial charge in [-0.2, -0.15) is 0 Å². The predicted molar refractivity (Wildman–Crippen MR) is 26.7 cm³/mol. The van der Waals surface area contributed by atoms with Crippen LogP contribution >= 0.6 is 0 Å². The van der Waals surface area contributed by atoms with E-state index in [9.17, 15) is 0 Å². The molecule has 0 saturated heterocycles. The van der Waals surface area contributed by atoms with E-state index in [4.69, 9.17) is 5.73 Å². The second-order valence-electron chi connectivity index (χ2n) is 0.805. The summed E-state index contributed by atoms with van der Waals surface area (Å²) in [5, 5.41) is 0. The first-order chi connectivity index (χ1) is 2.41. The van der Waals surface area contributed by atoms with Crippen molar-refractivity contribution in [3.05, 3.63) is 12.1 Å². The normalized spacial score (nSPS) is 9.80. The van der Waals surface area contributed by atoms with E-state index in [2.05, 4.69) is 0 Å². The molecule has 0 aromatic carbocycles. The highest BCUT2D eigenvalue weighted by molar-refractivity contribution is 6.16. The summed E-state index contributed by atoms with van der Waals surface area (Å²) < 4.78 is 0. The van der Waals surface area contributed by atoms with Crippen molar-refractivity contribution in [1.82, 2.24) is 0 Å². The first-order valence-electron chi connectivity index (χ1n) is 1.73. The molecule has 1 nitrogen and oxygen atoms in total. The van der Waals surface area contributed by atoms with Gasteiger partial charge in [0.2, 0.25) is 0 Å². The van der Waals surface area contributed by atoms with E-state index in [0.717, 1.165) is 0 Å². The van der Waals surface area contributed by atoms with Gasteiger partial charge in [-0.1, -0.05) is 6.08 Å². The van der Waals surface area contributed by atoms with Gasteiger partial charge in [0, 0.05) is 6.54 Å². The molecule has 0 amide bonds. The first kappa shape index (κ1) is 4.76. The quantitative estimate of drug-likeness (QED) is 0.396. The fraction of sp³-hybridized carbons (Fsp3) is 0.333. The monoisotopic (exact) mass is 69.1 g/mol. The van der Waals surface area contributed by atoms with Crippen molar-refractivity contribution in [3.8, 4) is 0 Å². The van der Waals surface area contributed by atoms with Crippen LogP contribution in [-0.2, 0) is 0 Å². The number of nitrogens with two attached hydrogens (primary N) is 1. The van der Waals surface area contributed by atoms with Gasteiger partial charge in [0.05, 0.1) is 0 Å². The standard InChI is InChI=1S/C3H8BN/c4-2-1-3-5/h1-2H,3-5H2/b2-1+. The van der Waals surface area contributed by atoms with E-state index in [1.165, 1.54) is 0 Å². The lowest BCUT2D eigenvalue weighted by Gasteiger charge is -1.67. The molecule has 0 aliphatic rings.